The third-order valence-electron chi connectivity index (χ3n) is 4.51. The van der Waals surface area contributed by atoms with E-state index in [4.69, 9.17) is 0 Å². The summed E-state index contributed by atoms with van der Waals surface area (Å²) in [6, 6.07) is 10.2. The second kappa shape index (κ2) is 8.10. The standard InChI is InChI=1S/C20H26N4O/c1-3-4-7-12-21-20(25)17-14-19(23-15(2)22-17)24-13-8-10-16-9-5-6-11-18(16)24/h5-6,9,11,14H,3-4,7-8,10,12-13H2,1-2H3,(H,21,25). The number of amides is 1. The Labute approximate surface area is 149 Å². The van der Waals surface area contributed by atoms with Crippen LogP contribution < -0.4 is 10.2 Å². The number of unbranched alkanes of at least 4 members (excludes halogenated alkanes) is 2. The van der Waals surface area contributed by atoms with Crippen LogP contribution in [0, 0.1) is 6.92 Å². The Hall–Kier alpha value is -2.43. The zero-order valence-corrected chi connectivity index (χ0v) is 15.1. The van der Waals surface area contributed by atoms with Crippen LogP contribution >= 0.6 is 0 Å². The number of rotatable bonds is 6. The summed E-state index contributed by atoms with van der Waals surface area (Å²) >= 11 is 0. The number of nitrogens with one attached hydrogen (secondary N) is 1. The molecule has 3 rings (SSSR count). The van der Waals surface area contributed by atoms with Crippen molar-refractivity contribution < 1.29 is 4.79 Å². The van der Waals surface area contributed by atoms with Crippen LogP contribution in [0.1, 0.15) is 54.5 Å². The minimum absolute atomic E-state index is 0.117. The van der Waals surface area contributed by atoms with Gasteiger partial charge in [0.1, 0.15) is 17.3 Å². The summed E-state index contributed by atoms with van der Waals surface area (Å²) in [4.78, 5) is 23.5. The molecular weight excluding hydrogens is 312 g/mol. The minimum Gasteiger partial charge on any atom is -0.351 e. The fourth-order valence-corrected chi connectivity index (χ4v) is 3.25. The summed E-state index contributed by atoms with van der Waals surface area (Å²) in [7, 11) is 0. The van der Waals surface area contributed by atoms with Gasteiger partial charge in [-0.25, -0.2) is 9.97 Å². The molecule has 0 bridgehead atoms. The fourth-order valence-electron chi connectivity index (χ4n) is 3.25. The predicted molar refractivity (Wildman–Crippen MR) is 100 cm³/mol. The van der Waals surface area contributed by atoms with E-state index < -0.39 is 0 Å². The van der Waals surface area contributed by atoms with E-state index in [1.54, 1.807) is 0 Å². The van der Waals surface area contributed by atoms with E-state index in [0.717, 1.165) is 44.5 Å². The normalized spacial score (nSPS) is 13.4. The molecule has 1 aromatic carbocycles. The lowest BCUT2D eigenvalue weighted by atomic mass is 10.0. The van der Waals surface area contributed by atoms with Crippen LogP contribution in [0.3, 0.4) is 0 Å². The summed E-state index contributed by atoms with van der Waals surface area (Å²) in [5.74, 6) is 1.31. The molecule has 132 valence electrons. The van der Waals surface area contributed by atoms with Crippen molar-refractivity contribution in [1.82, 2.24) is 15.3 Å². The highest BCUT2D eigenvalue weighted by molar-refractivity contribution is 5.93. The van der Waals surface area contributed by atoms with Crippen LogP contribution in [0.2, 0.25) is 0 Å². The Morgan fingerprint density at radius 2 is 2.08 bits per heavy atom. The summed E-state index contributed by atoms with van der Waals surface area (Å²) < 4.78 is 0. The van der Waals surface area contributed by atoms with Gasteiger partial charge in [-0.1, -0.05) is 38.0 Å². The van der Waals surface area contributed by atoms with Gasteiger partial charge < -0.3 is 10.2 Å². The first-order valence-electron chi connectivity index (χ1n) is 9.18. The highest BCUT2D eigenvalue weighted by atomic mass is 16.1. The third kappa shape index (κ3) is 4.16. The summed E-state index contributed by atoms with van der Waals surface area (Å²) in [6.45, 7) is 5.59. The van der Waals surface area contributed by atoms with Gasteiger partial charge in [-0.15, -0.1) is 0 Å². The van der Waals surface area contributed by atoms with Crippen LogP contribution in [0.5, 0.6) is 0 Å². The summed E-state index contributed by atoms with van der Waals surface area (Å²) in [5.41, 5.74) is 2.96. The minimum atomic E-state index is -0.117. The molecule has 0 fully saturated rings. The SMILES string of the molecule is CCCCCNC(=O)c1cc(N2CCCc3ccccc32)nc(C)n1. The Morgan fingerprint density at radius 3 is 2.92 bits per heavy atom. The summed E-state index contributed by atoms with van der Waals surface area (Å²) in [6.07, 6.45) is 5.43. The molecule has 5 heteroatoms. The Balaban J connectivity index is 1.82. The average molecular weight is 338 g/mol. The molecular formula is C20H26N4O. The van der Waals surface area contributed by atoms with Gasteiger partial charge >= 0.3 is 0 Å². The van der Waals surface area contributed by atoms with Crippen LogP contribution in [0.4, 0.5) is 11.5 Å². The molecule has 0 saturated heterocycles. The second-order valence-electron chi connectivity index (χ2n) is 6.51. The van der Waals surface area contributed by atoms with Crippen molar-refractivity contribution in [2.45, 2.75) is 46.0 Å². The van der Waals surface area contributed by atoms with E-state index in [9.17, 15) is 4.79 Å². The largest absolute Gasteiger partial charge is 0.351 e. The first-order chi connectivity index (χ1) is 12.2. The van der Waals surface area contributed by atoms with Gasteiger partial charge in [-0.2, -0.15) is 0 Å². The monoisotopic (exact) mass is 338 g/mol. The number of fused-ring (bicyclic) bond motifs is 1. The highest BCUT2D eigenvalue weighted by Crippen LogP contribution is 2.32. The lowest BCUT2D eigenvalue weighted by Gasteiger charge is -2.30. The molecule has 0 aliphatic carbocycles. The lowest BCUT2D eigenvalue weighted by Crippen LogP contribution is -2.28. The van der Waals surface area contributed by atoms with Gasteiger partial charge in [-0.3, -0.25) is 4.79 Å². The number of hydrogen-bond donors (Lipinski definition) is 1. The van der Waals surface area contributed by atoms with Gasteiger partial charge in [0.25, 0.3) is 5.91 Å². The van der Waals surface area contributed by atoms with Crippen molar-refractivity contribution in [3.8, 4) is 0 Å². The highest BCUT2D eigenvalue weighted by Gasteiger charge is 2.20. The molecule has 1 amide bonds. The molecule has 1 aliphatic rings. The maximum absolute atomic E-state index is 12.4. The number of para-hydroxylation sites is 1. The van der Waals surface area contributed by atoms with Crippen molar-refractivity contribution in [2.75, 3.05) is 18.0 Å². The molecule has 1 aromatic heterocycles. The maximum atomic E-state index is 12.4. The Bertz CT molecular complexity index is 744. The van der Waals surface area contributed by atoms with Crippen LogP contribution in [-0.4, -0.2) is 29.0 Å². The van der Waals surface area contributed by atoms with Gasteiger partial charge in [0.05, 0.1) is 0 Å². The number of anilines is 2. The number of carbonyl (C=O) groups excluding carboxylic acids is 1. The maximum Gasteiger partial charge on any atom is 0.270 e. The van der Waals surface area contributed by atoms with E-state index >= 15 is 0 Å². The van der Waals surface area contributed by atoms with E-state index in [0.29, 0.717) is 18.1 Å². The number of carbonyl (C=O) groups is 1. The number of aryl methyl sites for hydroxylation is 2. The first kappa shape index (κ1) is 17.4. The lowest BCUT2D eigenvalue weighted by molar-refractivity contribution is 0.0947. The molecule has 0 spiro atoms. The van der Waals surface area contributed by atoms with Crippen molar-refractivity contribution in [3.63, 3.8) is 0 Å². The van der Waals surface area contributed by atoms with E-state index in [1.807, 2.05) is 19.1 Å². The van der Waals surface area contributed by atoms with Gasteiger partial charge in [0.15, 0.2) is 0 Å². The smallest absolute Gasteiger partial charge is 0.270 e. The van der Waals surface area contributed by atoms with Gasteiger partial charge in [-0.05, 0) is 37.8 Å². The molecule has 25 heavy (non-hydrogen) atoms. The molecule has 2 heterocycles. The molecule has 0 saturated carbocycles. The van der Waals surface area contributed by atoms with Crippen LogP contribution in [0.15, 0.2) is 30.3 Å². The van der Waals surface area contributed by atoms with Crippen molar-refractivity contribution >= 4 is 17.4 Å². The van der Waals surface area contributed by atoms with Crippen molar-refractivity contribution in [3.05, 3.63) is 47.4 Å². The van der Waals surface area contributed by atoms with Crippen molar-refractivity contribution in [2.24, 2.45) is 0 Å². The second-order valence-corrected chi connectivity index (χ2v) is 6.51. The molecule has 2 aromatic rings. The Kier molecular flexibility index (Phi) is 5.64. The zero-order valence-electron chi connectivity index (χ0n) is 15.1. The molecule has 0 atom stereocenters. The topological polar surface area (TPSA) is 58.1 Å². The van der Waals surface area contributed by atoms with E-state index in [1.165, 1.54) is 11.3 Å². The van der Waals surface area contributed by atoms with Crippen molar-refractivity contribution in [1.29, 1.82) is 0 Å². The van der Waals surface area contributed by atoms with Crippen LogP contribution in [0.25, 0.3) is 0 Å². The number of nitrogens with zero attached hydrogens (tertiary/aromatic N) is 3. The van der Waals surface area contributed by atoms with Crippen LogP contribution in [-0.2, 0) is 6.42 Å². The number of hydrogen-bond acceptors (Lipinski definition) is 4. The zero-order chi connectivity index (χ0) is 17.6. The molecule has 0 unspecified atom stereocenters. The molecule has 1 aliphatic heterocycles. The number of benzene rings is 1. The predicted octanol–water partition coefficient (Wildman–Crippen LogP) is 3.79. The number of aromatic nitrogens is 2. The van der Waals surface area contributed by atoms with E-state index in [2.05, 4.69) is 45.3 Å². The third-order valence-corrected chi connectivity index (χ3v) is 4.51. The Morgan fingerprint density at radius 1 is 1.24 bits per heavy atom. The molecule has 0 radical (unpaired) electrons. The quantitative estimate of drug-likeness (QED) is 0.814. The first-order valence-corrected chi connectivity index (χ1v) is 9.18. The fraction of sp³-hybridized carbons (Fsp3) is 0.450. The molecule has 5 nitrogen and oxygen atoms in total. The van der Waals surface area contributed by atoms with Gasteiger partial charge in [0, 0.05) is 24.8 Å². The summed E-state index contributed by atoms with van der Waals surface area (Å²) in [5, 5.41) is 2.96. The molecule has 1 N–H and O–H groups in total. The van der Waals surface area contributed by atoms with Gasteiger partial charge in [0.2, 0.25) is 0 Å². The van der Waals surface area contributed by atoms with E-state index in [-0.39, 0.29) is 5.91 Å². The average Bonchev–Trinajstić information content (AvgIpc) is 2.64.